The zero-order chi connectivity index (χ0) is 22.3. The number of amides is 1. The van der Waals surface area contributed by atoms with E-state index in [4.69, 9.17) is 19.7 Å². The zero-order valence-electron chi connectivity index (χ0n) is 17.9. The molecule has 1 aliphatic carbocycles. The normalized spacial score (nSPS) is 18.2. The van der Waals surface area contributed by atoms with E-state index in [0.717, 1.165) is 25.7 Å². The van der Waals surface area contributed by atoms with Gasteiger partial charge in [0.05, 0.1) is 19.3 Å². The molecular weight excluding hydrogens is 382 g/mol. The van der Waals surface area contributed by atoms with Crippen LogP contribution >= 0.6 is 0 Å². The molecule has 0 heterocycles. The lowest BCUT2D eigenvalue weighted by Gasteiger charge is -2.29. The predicted octanol–water partition coefficient (Wildman–Crippen LogP) is 2.25. The van der Waals surface area contributed by atoms with Gasteiger partial charge in [0.25, 0.3) is 0 Å². The van der Waals surface area contributed by atoms with Gasteiger partial charge in [-0.2, -0.15) is 4.79 Å². The van der Waals surface area contributed by atoms with Gasteiger partial charge in [-0.05, 0) is 60.3 Å². The molecule has 0 unspecified atom stereocenters. The minimum Gasteiger partial charge on any atom is -0.464 e. The minimum atomic E-state index is -0.630. The summed E-state index contributed by atoms with van der Waals surface area (Å²) in [6.45, 7) is 9.63. The first-order valence-corrected chi connectivity index (χ1v) is 9.72. The topological polar surface area (TPSA) is 137 Å². The lowest BCUT2D eigenvalue weighted by Crippen LogP contribution is -2.42. The Morgan fingerprint density at radius 3 is 2.14 bits per heavy atom. The van der Waals surface area contributed by atoms with Crippen molar-refractivity contribution in [2.45, 2.75) is 78.0 Å². The third kappa shape index (κ3) is 15.2. The SMILES string of the molecule is CCOC(=O)C=[N+]=[N-].CCOC(=O)CO[C@H]1CC[C@H](NC(=O)OC(C)(C)C)CC1. The van der Waals surface area contributed by atoms with Gasteiger partial charge in [-0.1, -0.05) is 0 Å². The van der Waals surface area contributed by atoms with Crippen LogP contribution < -0.4 is 5.32 Å². The van der Waals surface area contributed by atoms with Crippen molar-refractivity contribution in [3.8, 4) is 0 Å². The molecule has 0 aliphatic heterocycles. The molecule has 0 aromatic carbocycles. The van der Waals surface area contributed by atoms with Crippen LogP contribution in [0.4, 0.5) is 4.79 Å². The molecule has 1 aliphatic rings. The first kappa shape index (κ1) is 26.6. The maximum Gasteiger partial charge on any atom is 0.413 e. The molecule has 1 rings (SSSR count). The molecule has 0 spiro atoms. The van der Waals surface area contributed by atoms with Crippen LogP contribution in [0.2, 0.25) is 0 Å². The Bertz CT molecular complexity index is 561. The minimum absolute atomic E-state index is 0.00265. The fraction of sp³-hybridized carbons (Fsp3) is 0.789. The summed E-state index contributed by atoms with van der Waals surface area (Å²) < 4.78 is 19.9. The lowest BCUT2D eigenvalue weighted by molar-refractivity contribution is -0.151. The Labute approximate surface area is 171 Å². The first-order chi connectivity index (χ1) is 13.6. The molecule has 0 aromatic heterocycles. The van der Waals surface area contributed by atoms with Crippen molar-refractivity contribution in [2.24, 2.45) is 0 Å². The van der Waals surface area contributed by atoms with Crippen LogP contribution in [-0.2, 0) is 28.5 Å². The number of ether oxygens (including phenoxy) is 4. The predicted molar refractivity (Wildman–Crippen MR) is 104 cm³/mol. The van der Waals surface area contributed by atoms with Crippen molar-refractivity contribution in [1.82, 2.24) is 5.32 Å². The van der Waals surface area contributed by atoms with E-state index in [2.05, 4.69) is 14.8 Å². The van der Waals surface area contributed by atoms with E-state index < -0.39 is 11.6 Å². The summed E-state index contributed by atoms with van der Waals surface area (Å²) >= 11 is 0. The van der Waals surface area contributed by atoms with E-state index in [1.54, 1.807) is 13.8 Å². The van der Waals surface area contributed by atoms with Crippen molar-refractivity contribution in [2.75, 3.05) is 19.8 Å². The third-order valence-corrected chi connectivity index (χ3v) is 3.59. The molecule has 1 fully saturated rings. The average Bonchev–Trinajstić information content (AvgIpc) is 2.61. The third-order valence-electron chi connectivity index (χ3n) is 3.59. The maximum absolute atomic E-state index is 11.7. The maximum atomic E-state index is 11.7. The number of carbonyl (C=O) groups excluding carboxylic acids is 3. The summed E-state index contributed by atoms with van der Waals surface area (Å²) in [5, 5.41) is 2.87. The Morgan fingerprint density at radius 1 is 1.07 bits per heavy atom. The molecule has 1 saturated carbocycles. The highest BCUT2D eigenvalue weighted by Gasteiger charge is 2.25. The van der Waals surface area contributed by atoms with Gasteiger partial charge in [0.2, 0.25) is 0 Å². The van der Waals surface area contributed by atoms with E-state index in [1.165, 1.54) is 0 Å². The number of nitrogens with zero attached hydrogens (tertiary/aromatic N) is 2. The molecular formula is C19H33N3O7. The molecule has 1 N–H and O–H groups in total. The molecule has 0 saturated heterocycles. The van der Waals surface area contributed by atoms with E-state index >= 15 is 0 Å². The fourth-order valence-corrected chi connectivity index (χ4v) is 2.46. The van der Waals surface area contributed by atoms with Gasteiger partial charge in [0.15, 0.2) is 0 Å². The summed E-state index contributed by atoms with van der Waals surface area (Å²) in [5.74, 6) is -0.957. The highest BCUT2D eigenvalue weighted by molar-refractivity contribution is 6.20. The number of hydrogen-bond donors (Lipinski definition) is 1. The molecule has 0 radical (unpaired) electrons. The zero-order valence-corrected chi connectivity index (χ0v) is 17.9. The Hall–Kier alpha value is -2.45. The van der Waals surface area contributed by atoms with Crippen LogP contribution in [0, 0.1) is 0 Å². The van der Waals surface area contributed by atoms with E-state index in [-0.39, 0.29) is 30.8 Å². The van der Waals surface area contributed by atoms with E-state index in [0.29, 0.717) is 19.4 Å². The molecule has 10 heteroatoms. The fourth-order valence-electron chi connectivity index (χ4n) is 2.46. The largest absolute Gasteiger partial charge is 0.464 e. The second kappa shape index (κ2) is 14.5. The number of hydrogen-bond acceptors (Lipinski definition) is 7. The number of esters is 2. The van der Waals surface area contributed by atoms with Crippen molar-refractivity contribution < 1.29 is 38.1 Å². The van der Waals surface area contributed by atoms with E-state index in [9.17, 15) is 14.4 Å². The first-order valence-electron chi connectivity index (χ1n) is 9.72. The summed E-state index contributed by atoms with van der Waals surface area (Å²) in [6, 6.07) is 0.113. The second-order valence-corrected chi connectivity index (χ2v) is 7.23. The molecule has 10 nitrogen and oxygen atoms in total. The van der Waals surface area contributed by atoms with Gasteiger partial charge in [0.1, 0.15) is 12.2 Å². The van der Waals surface area contributed by atoms with Crippen molar-refractivity contribution in [3.63, 3.8) is 0 Å². The molecule has 0 bridgehead atoms. The van der Waals surface area contributed by atoms with Crippen molar-refractivity contribution in [3.05, 3.63) is 5.53 Å². The Morgan fingerprint density at radius 2 is 1.66 bits per heavy atom. The molecule has 1 amide bonds. The Balaban J connectivity index is 0.000000828. The smallest absolute Gasteiger partial charge is 0.413 e. The lowest BCUT2D eigenvalue weighted by atomic mass is 9.93. The number of carbonyl (C=O) groups is 3. The summed E-state index contributed by atoms with van der Waals surface area (Å²) in [7, 11) is 0. The van der Waals surface area contributed by atoms with Crippen LogP contribution in [0.25, 0.3) is 5.53 Å². The van der Waals surface area contributed by atoms with E-state index in [1.807, 2.05) is 20.8 Å². The highest BCUT2D eigenvalue weighted by atomic mass is 16.6. The van der Waals surface area contributed by atoms with Crippen molar-refractivity contribution >= 4 is 24.2 Å². The summed E-state index contributed by atoms with van der Waals surface area (Å²) in [6.07, 6.45) is 3.67. The van der Waals surface area contributed by atoms with Gasteiger partial charge in [0, 0.05) is 6.04 Å². The molecule has 166 valence electrons. The van der Waals surface area contributed by atoms with Crippen LogP contribution in [0.3, 0.4) is 0 Å². The molecule has 0 aromatic rings. The quantitative estimate of drug-likeness (QED) is 0.221. The van der Waals surface area contributed by atoms with Gasteiger partial charge < -0.3 is 29.8 Å². The monoisotopic (exact) mass is 415 g/mol. The Kier molecular flexibility index (Phi) is 13.3. The molecule has 29 heavy (non-hydrogen) atoms. The highest BCUT2D eigenvalue weighted by Crippen LogP contribution is 2.21. The van der Waals surface area contributed by atoms with Crippen LogP contribution in [-0.4, -0.2) is 66.6 Å². The van der Waals surface area contributed by atoms with Crippen molar-refractivity contribution in [1.29, 1.82) is 0 Å². The van der Waals surface area contributed by atoms with Gasteiger partial charge in [-0.15, -0.1) is 0 Å². The van der Waals surface area contributed by atoms with Crippen LogP contribution in [0.15, 0.2) is 0 Å². The summed E-state index contributed by atoms with van der Waals surface area (Å²) in [4.78, 5) is 35.4. The molecule has 0 atom stereocenters. The average molecular weight is 415 g/mol. The number of alkyl carbamates (subject to hydrolysis) is 1. The standard InChI is InChI=1S/C15H27NO5.C4H6N2O2/c1-5-19-13(17)10-20-12-8-6-11(7-9-12)16-14(18)21-15(2,3)4;1-2-8-4(7)3-6-5/h11-12H,5-10H2,1-4H3,(H,16,18);3H,2H2,1H3/t11-,12-;. The second-order valence-electron chi connectivity index (χ2n) is 7.23. The van der Waals surface area contributed by atoms with Crippen LogP contribution in [0.5, 0.6) is 0 Å². The van der Waals surface area contributed by atoms with Crippen LogP contribution in [0.1, 0.15) is 60.3 Å². The van der Waals surface area contributed by atoms with Gasteiger partial charge in [-0.25, -0.2) is 14.4 Å². The number of nitrogens with one attached hydrogen (secondary N) is 1. The van der Waals surface area contributed by atoms with Gasteiger partial charge in [-0.3, -0.25) is 0 Å². The summed E-state index contributed by atoms with van der Waals surface area (Å²) in [5.41, 5.74) is 7.25. The number of rotatable bonds is 7. The van der Waals surface area contributed by atoms with Gasteiger partial charge >= 0.3 is 24.2 Å².